The molecule has 4 nitrogen and oxygen atoms in total. The molecule has 2 rings (SSSR count). The Morgan fingerprint density at radius 3 is 2.62 bits per heavy atom. The topological polar surface area (TPSA) is 49.4 Å². The monoisotopic (exact) mass is 182 g/mol. The van der Waals surface area contributed by atoms with Crippen LogP contribution in [0.4, 0.5) is 0 Å². The Bertz CT molecular complexity index is 234. The summed E-state index contributed by atoms with van der Waals surface area (Å²) < 4.78 is 0. The zero-order chi connectivity index (χ0) is 9.26. The van der Waals surface area contributed by atoms with Crippen molar-refractivity contribution in [2.45, 2.75) is 31.7 Å². The van der Waals surface area contributed by atoms with E-state index in [1.807, 2.05) is 0 Å². The van der Waals surface area contributed by atoms with E-state index in [0.717, 1.165) is 12.8 Å². The minimum absolute atomic E-state index is 0.0218. The molecule has 1 aliphatic heterocycles. The highest BCUT2D eigenvalue weighted by Crippen LogP contribution is 2.23. The van der Waals surface area contributed by atoms with Gasteiger partial charge >= 0.3 is 0 Å². The van der Waals surface area contributed by atoms with Crippen molar-refractivity contribution in [2.75, 3.05) is 13.1 Å². The van der Waals surface area contributed by atoms with Gasteiger partial charge in [0.15, 0.2) is 0 Å². The maximum Gasteiger partial charge on any atom is 0.242 e. The van der Waals surface area contributed by atoms with E-state index < -0.39 is 0 Å². The first kappa shape index (κ1) is 8.53. The van der Waals surface area contributed by atoms with Crippen molar-refractivity contribution >= 4 is 11.8 Å². The molecule has 0 aromatic heterocycles. The summed E-state index contributed by atoms with van der Waals surface area (Å²) in [5, 5.41) is 2.56. The van der Waals surface area contributed by atoms with Crippen LogP contribution in [-0.4, -0.2) is 35.8 Å². The number of hydrogen-bond acceptors (Lipinski definition) is 2. The van der Waals surface area contributed by atoms with Gasteiger partial charge in [0.25, 0.3) is 0 Å². The summed E-state index contributed by atoms with van der Waals surface area (Å²) in [6.45, 7) is 0.457. The Balaban J connectivity index is 2.02. The van der Waals surface area contributed by atoms with Gasteiger partial charge in [-0.2, -0.15) is 0 Å². The van der Waals surface area contributed by atoms with Crippen LogP contribution in [0.3, 0.4) is 0 Å². The van der Waals surface area contributed by atoms with Crippen LogP contribution in [0.5, 0.6) is 0 Å². The number of rotatable bonds is 1. The van der Waals surface area contributed by atoms with E-state index in [-0.39, 0.29) is 24.9 Å². The first-order valence-electron chi connectivity index (χ1n) is 4.83. The molecule has 0 bridgehead atoms. The zero-order valence-corrected chi connectivity index (χ0v) is 7.58. The number of piperazine rings is 1. The molecule has 2 fully saturated rings. The van der Waals surface area contributed by atoms with Crippen LogP contribution in [-0.2, 0) is 9.59 Å². The Labute approximate surface area is 77.3 Å². The van der Waals surface area contributed by atoms with Crippen molar-refractivity contribution in [3.05, 3.63) is 0 Å². The molecule has 1 saturated heterocycles. The quantitative estimate of drug-likeness (QED) is 0.615. The molecule has 1 heterocycles. The summed E-state index contributed by atoms with van der Waals surface area (Å²) in [7, 11) is 0. The molecule has 4 heteroatoms. The van der Waals surface area contributed by atoms with E-state index in [1.54, 1.807) is 4.90 Å². The maximum absolute atomic E-state index is 11.4. The van der Waals surface area contributed by atoms with Gasteiger partial charge in [0.1, 0.15) is 0 Å². The van der Waals surface area contributed by atoms with Crippen LogP contribution in [0.2, 0.25) is 0 Å². The Morgan fingerprint density at radius 2 is 1.92 bits per heavy atom. The van der Waals surface area contributed by atoms with Crippen molar-refractivity contribution in [1.82, 2.24) is 10.2 Å². The number of hydrogen-bond donors (Lipinski definition) is 1. The SMILES string of the molecule is O=C1CN(C2CCCC2)C(=O)CN1. The fourth-order valence-electron chi connectivity index (χ4n) is 2.12. The minimum Gasteiger partial charge on any atom is -0.345 e. The molecule has 1 aliphatic carbocycles. The normalized spacial score (nSPS) is 25.1. The van der Waals surface area contributed by atoms with E-state index >= 15 is 0 Å². The molecule has 13 heavy (non-hydrogen) atoms. The largest absolute Gasteiger partial charge is 0.345 e. The Kier molecular flexibility index (Phi) is 2.20. The molecule has 0 aromatic carbocycles. The third kappa shape index (κ3) is 1.66. The van der Waals surface area contributed by atoms with Crippen LogP contribution in [0.1, 0.15) is 25.7 Å². The highest BCUT2D eigenvalue weighted by molar-refractivity contribution is 5.92. The summed E-state index contributed by atoms with van der Waals surface area (Å²) in [5.74, 6) is 0.0537. The summed E-state index contributed by atoms with van der Waals surface area (Å²) >= 11 is 0. The molecule has 0 unspecified atom stereocenters. The van der Waals surface area contributed by atoms with Gasteiger partial charge in [-0.1, -0.05) is 12.8 Å². The van der Waals surface area contributed by atoms with Gasteiger partial charge in [0.2, 0.25) is 11.8 Å². The van der Waals surface area contributed by atoms with Crippen molar-refractivity contribution in [1.29, 1.82) is 0 Å². The Hall–Kier alpha value is -1.06. The van der Waals surface area contributed by atoms with Crippen LogP contribution >= 0.6 is 0 Å². The lowest BCUT2D eigenvalue weighted by Gasteiger charge is -2.31. The summed E-state index contributed by atoms with van der Waals surface area (Å²) in [5.41, 5.74) is 0. The van der Waals surface area contributed by atoms with Crippen LogP contribution in [0.25, 0.3) is 0 Å². The molecule has 72 valence electrons. The third-order valence-corrected chi connectivity index (χ3v) is 2.84. The first-order valence-corrected chi connectivity index (χ1v) is 4.83. The van der Waals surface area contributed by atoms with E-state index in [2.05, 4.69) is 5.32 Å². The standard InChI is InChI=1S/C9H14N2O2/c12-8-6-11(9(13)5-10-8)7-3-1-2-4-7/h7H,1-6H2,(H,10,12). The van der Waals surface area contributed by atoms with E-state index in [0.29, 0.717) is 6.04 Å². The number of nitrogens with one attached hydrogen (secondary N) is 1. The van der Waals surface area contributed by atoms with Crippen LogP contribution in [0, 0.1) is 0 Å². The van der Waals surface area contributed by atoms with Gasteiger partial charge in [-0.3, -0.25) is 9.59 Å². The molecule has 0 atom stereocenters. The molecule has 1 saturated carbocycles. The van der Waals surface area contributed by atoms with E-state index in [1.165, 1.54) is 12.8 Å². The summed E-state index contributed by atoms with van der Waals surface area (Å²) in [4.78, 5) is 24.3. The van der Waals surface area contributed by atoms with Crippen molar-refractivity contribution in [3.8, 4) is 0 Å². The fraction of sp³-hybridized carbons (Fsp3) is 0.778. The highest BCUT2D eigenvalue weighted by Gasteiger charge is 2.30. The average molecular weight is 182 g/mol. The molecule has 2 aliphatic rings. The molecule has 2 amide bonds. The van der Waals surface area contributed by atoms with Gasteiger partial charge in [0.05, 0.1) is 13.1 Å². The molecule has 0 aromatic rings. The van der Waals surface area contributed by atoms with Gasteiger partial charge < -0.3 is 10.2 Å². The van der Waals surface area contributed by atoms with Crippen molar-refractivity contribution in [3.63, 3.8) is 0 Å². The maximum atomic E-state index is 11.4. The number of carbonyl (C=O) groups excluding carboxylic acids is 2. The van der Waals surface area contributed by atoms with Crippen molar-refractivity contribution < 1.29 is 9.59 Å². The van der Waals surface area contributed by atoms with Gasteiger partial charge in [-0.05, 0) is 12.8 Å². The predicted molar refractivity (Wildman–Crippen MR) is 47.0 cm³/mol. The number of nitrogens with zero attached hydrogens (tertiary/aromatic N) is 1. The van der Waals surface area contributed by atoms with Crippen LogP contribution < -0.4 is 5.32 Å². The van der Waals surface area contributed by atoms with Gasteiger partial charge in [0, 0.05) is 6.04 Å². The molecular weight excluding hydrogens is 168 g/mol. The lowest BCUT2D eigenvalue weighted by atomic mass is 10.2. The Morgan fingerprint density at radius 1 is 1.23 bits per heavy atom. The second kappa shape index (κ2) is 3.36. The number of carbonyl (C=O) groups is 2. The van der Waals surface area contributed by atoms with Gasteiger partial charge in [-0.15, -0.1) is 0 Å². The first-order chi connectivity index (χ1) is 6.27. The van der Waals surface area contributed by atoms with Gasteiger partial charge in [-0.25, -0.2) is 0 Å². The second-order valence-corrected chi connectivity index (χ2v) is 3.74. The third-order valence-electron chi connectivity index (χ3n) is 2.84. The van der Waals surface area contributed by atoms with E-state index in [4.69, 9.17) is 0 Å². The second-order valence-electron chi connectivity index (χ2n) is 3.74. The summed E-state index contributed by atoms with van der Waals surface area (Å²) in [6.07, 6.45) is 4.52. The predicted octanol–water partition coefficient (Wildman–Crippen LogP) is -0.113. The molecule has 0 spiro atoms. The lowest BCUT2D eigenvalue weighted by molar-refractivity contribution is -0.142. The average Bonchev–Trinajstić information content (AvgIpc) is 2.61. The van der Waals surface area contributed by atoms with Crippen molar-refractivity contribution in [2.24, 2.45) is 0 Å². The fourth-order valence-corrected chi connectivity index (χ4v) is 2.12. The van der Waals surface area contributed by atoms with Crippen LogP contribution in [0.15, 0.2) is 0 Å². The smallest absolute Gasteiger partial charge is 0.242 e. The zero-order valence-electron chi connectivity index (χ0n) is 7.58. The lowest BCUT2D eigenvalue weighted by Crippen LogP contribution is -2.54. The molecule has 0 radical (unpaired) electrons. The molecular formula is C9H14N2O2. The highest BCUT2D eigenvalue weighted by atomic mass is 16.2. The van der Waals surface area contributed by atoms with E-state index in [9.17, 15) is 9.59 Å². The summed E-state index contributed by atoms with van der Waals surface area (Å²) in [6, 6.07) is 0.332. The number of amides is 2. The molecule has 1 N–H and O–H groups in total. The minimum atomic E-state index is -0.0218.